The Bertz CT molecular complexity index is 902. The Morgan fingerprint density at radius 3 is 2.20 bits per heavy atom. The van der Waals surface area contributed by atoms with E-state index in [9.17, 15) is 0 Å². The van der Waals surface area contributed by atoms with Crippen LogP contribution in [0.1, 0.15) is 38.5 Å². The van der Waals surface area contributed by atoms with E-state index in [4.69, 9.17) is 4.98 Å². The molecule has 3 aromatic rings. The van der Waals surface area contributed by atoms with E-state index in [0.717, 1.165) is 17.8 Å². The van der Waals surface area contributed by atoms with Crippen LogP contribution in [0, 0.1) is 17.8 Å². The topological polar surface area (TPSA) is 17.8 Å². The highest BCUT2D eigenvalue weighted by atomic mass is 15.1. The van der Waals surface area contributed by atoms with E-state index in [-0.39, 0.29) is 0 Å². The molecule has 0 saturated heterocycles. The zero-order valence-electron chi connectivity index (χ0n) is 14.6. The van der Waals surface area contributed by atoms with Gasteiger partial charge in [0.05, 0.1) is 5.69 Å². The fraction of sp³-hybridized carbons (Fsp3) is 0.435. The molecule has 7 rings (SSSR count). The number of aromatic nitrogens is 2. The highest BCUT2D eigenvalue weighted by molar-refractivity contribution is 5.84. The van der Waals surface area contributed by atoms with Gasteiger partial charge in [0.25, 0.3) is 0 Å². The Morgan fingerprint density at radius 1 is 0.840 bits per heavy atom. The molecule has 2 aromatic heterocycles. The van der Waals surface area contributed by atoms with Crippen LogP contribution in [0.3, 0.4) is 0 Å². The predicted molar refractivity (Wildman–Crippen MR) is 101 cm³/mol. The summed E-state index contributed by atoms with van der Waals surface area (Å²) < 4.78 is 2.67. The van der Waals surface area contributed by atoms with Crippen molar-refractivity contribution in [2.45, 2.75) is 44.1 Å². The molecule has 4 saturated carbocycles. The Labute approximate surface area is 148 Å². The van der Waals surface area contributed by atoms with E-state index >= 15 is 0 Å². The van der Waals surface area contributed by atoms with E-state index in [1.807, 2.05) is 6.20 Å². The minimum Gasteiger partial charge on any atom is -0.319 e. The van der Waals surface area contributed by atoms with Crippen molar-refractivity contribution in [1.29, 1.82) is 0 Å². The lowest BCUT2D eigenvalue weighted by atomic mass is 9.53. The van der Waals surface area contributed by atoms with Crippen LogP contribution in [-0.4, -0.2) is 9.55 Å². The highest BCUT2D eigenvalue weighted by Gasteiger charge is 2.52. The van der Waals surface area contributed by atoms with Crippen LogP contribution in [-0.2, 0) is 5.54 Å². The van der Waals surface area contributed by atoms with Crippen LogP contribution in [0.2, 0.25) is 0 Å². The van der Waals surface area contributed by atoms with Crippen molar-refractivity contribution in [2.75, 3.05) is 0 Å². The largest absolute Gasteiger partial charge is 0.319 e. The quantitative estimate of drug-likeness (QED) is 0.596. The Hall–Kier alpha value is -2.09. The van der Waals surface area contributed by atoms with Gasteiger partial charge in [-0.1, -0.05) is 30.3 Å². The van der Waals surface area contributed by atoms with Crippen molar-refractivity contribution in [3.8, 4) is 11.3 Å². The van der Waals surface area contributed by atoms with Crippen molar-refractivity contribution < 1.29 is 0 Å². The lowest BCUT2D eigenvalue weighted by molar-refractivity contribution is -0.0401. The van der Waals surface area contributed by atoms with Crippen molar-refractivity contribution >= 4 is 11.0 Å². The third-order valence-electron chi connectivity index (χ3n) is 7.11. The van der Waals surface area contributed by atoms with Crippen molar-refractivity contribution in [1.82, 2.24) is 9.55 Å². The summed E-state index contributed by atoms with van der Waals surface area (Å²) in [7, 11) is 0. The maximum absolute atomic E-state index is 4.85. The molecular weight excluding hydrogens is 304 g/mol. The molecule has 0 aliphatic heterocycles. The van der Waals surface area contributed by atoms with Gasteiger partial charge in [-0.15, -0.1) is 0 Å². The summed E-state index contributed by atoms with van der Waals surface area (Å²) in [4.78, 5) is 4.85. The molecule has 2 heteroatoms. The van der Waals surface area contributed by atoms with Crippen LogP contribution in [0.15, 0.2) is 54.7 Å². The zero-order valence-corrected chi connectivity index (χ0v) is 14.6. The Kier molecular flexibility index (Phi) is 2.81. The summed E-state index contributed by atoms with van der Waals surface area (Å²) >= 11 is 0. The summed E-state index contributed by atoms with van der Waals surface area (Å²) in [5.41, 5.74) is 4.20. The van der Waals surface area contributed by atoms with E-state index < -0.39 is 0 Å². The number of fused-ring (bicyclic) bond motifs is 1. The van der Waals surface area contributed by atoms with Crippen LogP contribution < -0.4 is 0 Å². The molecular formula is C23H24N2. The van der Waals surface area contributed by atoms with Crippen LogP contribution in [0.25, 0.3) is 22.3 Å². The lowest BCUT2D eigenvalue weighted by Crippen LogP contribution is -2.52. The second-order valence-corrected chi connectivity index (χ2v) is 8.79. The number of hydrogen-bond donors (Lipinski definition) is 0. The minimum atomic E-state index is 0.302. The van der Waals surface area contributed by atoms with Crippen molar-refractivity contribution in [2.24, 2.45) is 17.8 Å². The average molecular weight is 328 g/mol. The van der Waals surface area contributed by atoms with Gasteiger partial charge in [0.15, 0.2) is 0 Å². The lowest BCUT2D eigenvalue weighted by Gasteiger charge is -2.57. The molecule has 0 radical (unpaired) electrons. The van der Waals surface area contributed by atoms with Gasteiger partial charge in [-0.2, -0.15) is 0 Å². The van der Waals surface area contributed by atoms with Crippen LogP contribution in [0.4, 0.5) is 0 Å². The van der Waals surface area contributed by atoms with E-state index in [0.29, 0.717) is 5.54 Å². The van der Waals surface area contributed by atoms with Crippen LogP contribution in [0.5, 0.6) is 0 Å². The number of nitrogens with zero attached hydrogens (tertiary/aromatic N) is 2. The molecule has 126 valence electrons. The number of rotatable bonds is 2. The third kappa shape index (κ3) is 2.00. The Balaban J connectivity index is 1.62. The van der Waals surface area contributed by atoms with Crippen molar-refractivity contribution in [3.05, 3.63) is 54.7 Å². The van der Waals surface area contributed by atoms with Gasteiger partial charge >= 0.3 is 0 Å². The van der Waals surface area contributed by atoms with Crippen molar-refractivity contribution in [3.63, 3.8) is 0 Å². The van der Waals surface area contributed by atoms with Gasteiger partial charge in [0.1, 0.15) is 5.65 Å². The highest BCUT2D eigenvalue weighted by Crippen LogP contribution is 2.60. The van der Waals surface area contributed by atoms with Crippen LogP contribution >= 0.6 is 0 Å². The number of hydrogen-bond acceptors (Lipinski definition) is 1. The molecule has 4 bridgehead atoms. The fourth-order valence-corrected chi connectivity index (χ4v) is 6.68. The van der Waals surface area contributed by atoms with E-state index in [2.05, 4.69) is 53.1 Å². The maximum atomic E-state index is 4.85. The predicted octanol–water partition coefficient (Wildman–Crippen LogP) is 5.63. The minimum absolute atomic E-state index is 0.302. The summed E-state index contributed by atoms with van der Waals surface area (Å²) in [6.45, 7) is 0. The van der Waals surface area contributed by atoms with E-state index in [1.165, 1.54) is 60.8 Å². The molecule has 4 aliphatic carbocycles. The standard InChI is InChI=1S/C23H24N2/c1-2-5-19(6-3-1)21-12-20-7-4-8-24-22(20)25(21)23-13-16-9-17(14-23)11-18(10-16)15-23/h1-8,12,16-18H,9-11,13-15H2. The fourth-order valence-electron chi connectivity index (χ4n) is 6.68. The molecule has 25 heavy (non-hydrogen) atoms. The molecule has 2 heterocycles. The summed E-state index contributed by atoms with van der Waals surface area (Å²) in [6, 6.07) is 17.6. The average Bonchev–Trinajstić information content (AvgIpc) is 3.02. The molecule has 4 fully saturated rings. The van der Waals surface area contributed by atoms with Gasteiger partial charge in [0, 0.05) is 17.1 Å². The molecule has 2 nitrogen and oxygen atoms in total. The molecule has 1 aromatic carbocycles. The molecule has 0 unspecified atom stereocenters. The molecule has 0 spiro atoms. The third-order valence-corrected chi connectivity index (χ3v) is 7.11. The normalized spacial score (nSPS) is 33.2. The SMILES string of the molecule is c1ccc(-c2cc3cccnc3n2C23CC4CC(CC(C4)C2)C3)cc1. The first-order valence-electron chi connectivity index (χ1n) is 9.83. The monoisotopic (exact) mass is 328 g/mol. The molecule has 0 amide bonds. The first-order valence-corrected chi connectivity index (χ1v) is 9.83. The van der Waals surface area contributed by atoms with Gasteiger partial charge < -0.3 is 4.57 Å². The van der Waals surface area contributed by atoms with Gasteiger partial charge in [-0.05, 0) is 80.0 Å². The number of pyridine rings is 1. The maximum Gasteiger partial charge on any atom is 0.140 e. The molecule has 0 N–H and O–H groups in total. The first kappa shape index (κ1) is 14.1. The van der Waals surface area contributed by atoms with E-state index in [1.54, 1.807) is 0 Å². The summed E-state index contributed by atoms with van der Waals surface area (Å²) in [6.07, 6.45) is 10.5. The smallest absolute Gasteiger partial charge is 0.140 e. The second-order valence-electron chi connectivity index (χ2n) is 8.79. The number of benzene rings is 1. The summed E-state index contributed by atoms with van der Waals surface area (Å²) in [5, 5.41) is 1.29. The zero-order chi connectivity index (χ0) is 16.4. The summed E-state index contributed by atoms with van der Waals surface area (Å²) in [5.74, 6) is 2.82. The Morgan fingerprint density at radius 2 is 1.52 bits per heavy atom. The first-order chi connectivity index (χ1) is 12.3. The van der Waals surface area contributed by atoms with Gasteiger partial charge in [-0.25, -0.2) is 4.98 Å². The van der Waals surface area contributed by atoms with Gasteiger partial charge in [-0.3, -0.25) is 0 Å². The molecule has 0 atom stereocenters. The molecule has 4 aliphatic rings. The second kappa shape index (κ2) is 4.97. The van der Waals surface area contributed by atoms with Gasteiger partial charge in [0.2, 0.25) is 0 Å².